The quantitative estimate of drug-likeness (QED) is 0.280. The van der Waals surface area contributed by atoms with Crippen LogP contribution in [0.3, 0.4) is 0 Å². The molecule has 0 spiro atoms. The lowest BCUT2D eigenvalue weighted by molar-refractivity contribution is -0.384. The van der Waals surface area contributed by atoms with Crippen LogP contribution in [0.1, 0.15) is 15.9 Å². The number of anilines is 1. The molecule has 0 bridgehead atoms. The van der Waals surface area contributed by atoms with Gasteiger partial charge in [-0.1, -0.05) is 18.2 Å². The van der Waals surface area contributed by atoms with E-state index in [1.165, 1.54) is 30.3 Å². The molecule has 0 N–H and O–H groups in total. The number of aromatic nitrogens is 1. The van der Waals surface area contributed by atoms with E-state index in [1.807, 2.05) is 24.3 Å². The first kappa shape index (κ1) is 19.7. The van der Waals surface area contributed by atoms with Crippen LogP contribution in [0.2, 0.25) is 0 Å². The largest absolute Gasteiger partial charge is 0.354 e. The van der Waals surface area contributed by atoms with Crippen LogP contribution in [0, 0.1) is 10.1 Å². The van der Waals surface area contributed by atoms with Crippen LogP contribution in [0.4, 0.5) is 11.5 Å². The topological polar surface area (TPSA) is 79.6 Å². The first-order valence-electron chi connectivity index (χ1n) is 9.81. The van der Waals surface area contributed by atoms with E-state index in [4.69, 9.17) is 4.98 Å². The average molecular weight is 402 g/mol. The van der Waals surface area contributed by atoms with E-state index in [1.54, 1.807) is 6.08 Å². The second kappa shape index (κ2) is 8.42. The van der Waals surface area contributed by atoms with Gasteiger partial charge < -0.3 is 9.80 Å². The first-order valence-corrected chi connectivity index (χ1v) is 9.81. The number of pyridine rings is 1. The number of hydrogen-bond acceptors (Lipinski definition) is 6. The van der Waals surface area contributed by atoms with Crippen molar-refractivity contribution in [3.05, 3.63) is 81.9 Å². The molecule has 0 radical (unpaired) electrons. The summed E-state index contributed by atoms with van der Waals surface area (Å²) in [4.78, 5) is 32.3. The number of likely N-dealkylation sites (N-methyl/N-ethyl adjacent to an activating group) is 1. The number of piperazine rings is 1. The highest BCUT2D eigenvalue weighted by atomic mass is 16.6. The van der Waals surface area contributed by atoms with Crippen molar-refractivity contribution in [1.29, 1.82) is 0 Å². The Morgan fingerprint density at radius 2 is 1.77 bits per heavy atom. The number of allylic oxidation sites excluding steroid dienone is 1. The summed E-state index contributed by atoms with van der Waals surface area (Å²) in [5.41, 5.74) is 2.18. The number of rotatable bonds is 5. The summed E-state index contributed by atoms with van der Waals surface area (Å²) in [5, 5.41) is 11.8. The third-order valence-electron chi connectivity index (χ3n) is 5.31. The Morgan fingerprint density at radius 1 is 1.07 bits per heavy atom. The summed E-state index contributed by atoms with van der Waals surface area (Å²) in [5.74, 6) is 0.664. The molecule has 0 atom stereocenters. The number of benzene rings is 2. The van der Waals surface area contributed by atoms with Gasteiger partial charge in [-0.3, -0.25) is 14.9 Å². The van der Waals surface area contributed by atoms with Crippen LogP contribution in [0.15, 0.2) is 60.7 Å². The predicted octanol–water partition coefficient (Wildman–Crippen LogP) is 3.79. The molecule has 0 saturated carbocycles. The maximum atomic E-state index is 12.6. The highest BCUT2D eigenvalue weighted by molar-refractivity contribution is 6.07. The van der Waals surface area contributed by atoms with Gasteiger partial charge in [0.25, 0.3) is 5.69 Å². The van der Waals surface area contributed by atoms with Gasteiger partial charge >= 0.3 is 0 Å². The summed E-state index contributed by atoms with van der Waals surface area (Å²) in [6.45, 7) is 3.66. The Labute approximate surface area is 174 Å². The maximum absolute atomic E-state index is 12.6. The van der Waals surface area contributed by atoms with Crippen molar-refractivity contribution in [3.8, 4) is 0 Å². The molecule has 1 saturated heterocycles. The first-order chi connectivity index (χ1) is 14.5. The van der Waals surface area contributed by atoms with E-state index in [0.717, 1.165) is 48.5 Å². The van der Waals surface area contributed by atoms with E-state index in [-0.39, 0.29) is 11.5 Å². The van der Waals surface area contributed by atoms with Crippen molar-refractivity contribution in [2.24, 2.45) is 0 Å². The van der Waals surface area contributed by atoms with Gasteiger partial charge in [0.2, 0.25) is 0 Å². The minimum atomic E-state index is -0.479. The molecule has 152 valence electrons. The average Bonchev–Trinajstić information content (AvgIpc) is 2.77. The van der Waals surface area contributed by atoms with E-state index < -0.39 is 4.92 Å². The Balaban J connectivity index is 1.65. The lowest BCUT2D eigenvalue weighted by atomic mass is 10.1. The third kappa shape index (κ3) is 4.21. The minimum Gasteiger partial charge on any atom is -0.354 e. The van der Waals surface area contributed by atoms with Gasteiger partial charge in [-0.15, -0.1) is 0 Å². The molecule has 1 aliphatic heterocycles. The van der Waals surface area contributed by atoms with Crippen molar-refractivity contribution in [2.45, 2.75) is 0 Å². The molecule has 1 aliphatic rings. The van der Waals surface area contributed by atoms with Crippen molar-refractivity contribution in [1.82, 2.24) is 9.88 Å². The van der Waals surface area contributed by atoms with Gasteiger partial charge in [0.15, 0.2) is 5.78 Å². The highest BCUT2D eigenvalue weighted by Crippen LogP contribution is 2.26. The molecule has 7 nitrogen and oxygen atoms in total. The van der Waals surface area contributed by atoms with E-state index in [0.29, 0.717) is 5.56 Å². The van der Waals surface area contributed by atoms with Crippen molar-refractivity contribution in [3.63, 3.8) is 0 Å². The highest BCUT2D eigenvalue weighted by Gasteiger charge is 2.18. The third-order valence-corrected chi connectivity index (χ3v) is 5.31. The standard InChI is InChI=1S/C23H22N4O3/c1-25-12-14-26(15-13-25)23-19(16-18-4-2-3-5-21(18)24-23)8-11-22(28)17-6-9-20(10-7-17)27(29)30/h2-11,16H,12-15H2,1H3/b11-8+. The molecule has 0 aliphatic carbocycles. The SMILES string of the molecule is CN1CCN(c2nc3ccccc3cc2/C=C/C(=O)c2ccc([N+](=O)[O-])cc2)CC1. The molecular formula is C23H22N4O3. The second-order valence-corrected chi connectivity index (χ2v) is 7.39. The minimum absolute atomic E-state index is 0.0355. The Morgan fingerprint density at radius 3 is 2.47 bits per heavy atom. The summed E-state index contributed by atoms with van der Waals surface area (Å²) >= 11 is 0. The Hall–Kier alpha value is -3.58. The number of para-hydroxylation sites is 1. The van der Waals surface area contributed by atoms with E-state index in [9.17, 15) is 14.9 Å². The summed E-state index contributed by atoms with van der Waals surface area (Å²) < 4.78 is 0. The Kier molecular flexibility index (Phi) is 5.54. The Bertz CT molecular complexity index is 1120. The maximum Gasteiger partial charge on any atom is 0.269 e. The molecule has 4 rings (SSSR count). The monoisotopic (exact) mass is 402 g/mol. The molecule has 0 amide bonds. The lowest BCUT2D eigenvalue weighted by Crippen LogP contribution is -2.45. The zero-order chi connectivity index (χ0) is 21.1. The van der Waals surface area contributed by atoms with Gasteiger partial charge in [-0.2, -0.15) is 0 Å². The molecule has 3 aromatic rings. The van der Waals surface area contributed by atoms with Crippen LogP contribution in [-0.4, -0.2) is 53.8 Å². The van der Waals surface area contributed by atoms with Gasteiger partial charge in [0.1, 0.15) is 5.82 Å². The summed E-state index contributed by atoms with van der Waals surface area (Å²) in [6.07, 6.45) is 3.30. The zero-order valence-corrected chi connectivity index (χ0v) is 16.7. The number of ketones is 1. The fourth-order valence-corrected chi connectivity index (χ4v) is 3.53. The van der Waals surface area contributed by atoms with Gasteiger partial charge in [0.05, 0.1) is 10.4 Å². The molecule has 2 heterocycles. The van der Waals surface area contributed by atoms with Crippen LogP contribution in [0.5, 0.6) is 0 Å². The van der Waals surface area contributed by atoms with E-state index >= 15 is 0 Å². The number of hydrogen-bond donors (Lipinski definition) is 0. The van der Waals surface area contributed by atoms with Crippen molar-refractivity contribution >= 4 is 34.3 Å². The number of fused-ring (bicyclic) bond motifs is 1. The summed E-state index contributed by atoms with van der Waals surface area (Å²) in [7, 11) is 2.11. The summed E-state index contributed by atoms with van der Waals surface area (Å²) in [6, 6.07) is 15.6. The molecule has 0 unspecified atom stereocenters. The number of carbonyl (C=O) groups is 1. The molecule has 1 aromatic heterocycles. The number of nitro benzene ring substituents is 1. The van der Waals surface area contributed by atoms with Crippen molar-refractivity contribution in [2.75, 3.05) is 38.1 Å². The van der Waals surface area contributed by atoms with Crippen LogP contribution >= 0.6 is 0 Å². The predicted molar refractivity (Wildman–Crippen MR) is 118 cm³/mol. The van der Waals surface area contributed by atoms with Crippen LogP contribution < -0.4 is 4.90 Å². The number of nitrogens with zero attached hydrogens (tertiary/aromatic N) is 4. The lowest BCUT2D eigenvalue weighted by Gasteiger charge is -2.34. The van der Waals surface area contributed by atoms with Gasteiger partial charge in [-0.25, -0.2) is 4.98 Å². The molecule has 7 heteroatoms. The smallest absolute Gasteiger partial charge is 0.269 e. The zero-order valence-electron chi connectivity index (χ0n) is 16.7. The van der Waals surface area contributed by atoms with Crippen LogP contribution in [-0.2, 0) is 0 Å². The normalized spacial score (nSPS) is 15.0. The van der Waals surface area contributed by atoms with E-state index in [2.05, 4.69) is 22.9 Å². The second-order valence-electron chi connectivity index (χ2n) is 7.39. The number of carbonyl (C=O) groups excluding carboxylic acids is 1. The van der Waals surface area contributed by atoms with Gasteiger partial charge in [0, 0.05) is 54.8 Å². The fourth-order valence-electron chi connectivity index (χ4n) is 3.53. The number of non-ortho nitro benzene ring substituents is 1. The molecule has 30 heavy (non-hydrogen) atoms. The molecule has 2 aromatic carbocycles. The fraction of sp³-hybridized carbons (Fsp3) is 0.217. The van der Waals surface area contributed by atoms with Gasteiger partial charge in [-0.05, 0) is 43.5 Å². The molecule has 1 fully saturated rings. The molecular weight excluding hydrogens is 380 g/mol. The van der Waals surface area contributed by atoms with Crippen molar-refractivity contribution < 1.29 is 9.72 Å². The number of nitro groups is 1. The van der Waals surface area contributed by atoms with Crippen LogP contribution in [0.25, 0.3) is 17.0 Å².